The summed E-state index contributed by atoms with van der Waals surface area (Å²) in [6.07, 6.45) is 0.0266. The van der Waals surface area contributed by atoms with Crippen molar-refractivity contribution in [3.8, 4) is 5.75 Å². The van der Waals surface area contributed by atoms with Crippen LogP contribution in [0.25, 0.3) is 0 Å². The number of carbonyl (C=O) groups is 2. The van der Waals surface area contributed by atoms with Gasteiger partial charge in [-0.1, -0.05) is 24.3 Å². The molecule has 2 heterocycles. The van der Waals surface area contributed by atoms with Crippen LogP contribution < -0.4 is 9.64 Å². The molecule has 2 aliphatic rings. The third kappa shape index (κ3) is 2.54. The van der Waals surface area contributed by atoms with Crippen LogP contribution in [-0.4, -0.2) is 18.5 Å². The Bertz CT molecular complexity index is 937. The molecule has 0 aliphatic carbocycles. The fourth-order valence-electron chi connectivity index (χ4n) is 3.37. The van der Waals surface area contributed by atoms with Crippen molar-refractivity contribution in [1.82, 2.24) is 0 Å². The molecule has 0 bridgehead atoms. The highest BCUT2D eigenvalue weighted by Crippen LogP contribution is 2.47. The number of rotatable bonds is 3. The van der Waals surface area contributed by atoms with Crippen molar-refractivity contribution in [2.75, 3.05) is 11.5 Å². The standard InChI is InChI=1S/C20H16FNO4/c1-2-25-20(24)18-14(12-6-5-7-13(21)10-12)11-17(23)22-15-8-3-4-9-16(15)26-19(18)22/h3-10,14H,2,11H2,1H3/t14-/m1/s1. The Balaban J connectivity index is 1.89. The molecular weight excluding hydrogens is 337 g/mol. The van der Waals surface area contributed by atoms with E-state index in [0.29, 0.717) is 17.0 Å². The van der Waals surface area contributed by atoms with Crippen molar-refractivity contribution < 1.29 is 23.5 Å². The third-order valence-electron chi connectivity index (χ3n) is 4.47. The van der Waals surface area contributed by atoms with Gasteiger partial charge in [0.25, 0.3) is 0 Å². The van der Waals surface area contributed by atoms with E-state index in [0.717, 1.165) is 0 Å². The number of carbonyl (C=O) groups excluding carboxylic acids is 2. The van der Waals surface area contributed by atoms with Crippen molar-refractivity contribution in [3.63, 3.8) is 0 Å². The molecule has 1 atom stereocenters. The molecule has 0 saturated heterocycles. The van der Waals surface area contributed by atoms with Crippen LogP contribution >= 0.6 is 0 Å². The average Bonchev–Trinajstić information content (AvgIpc) is 3.01. The molecule has 4 rings (SSSR count). The largest absolute Gasteiger partial charge is 0.462 e. The molecule has 0 radical (unpaired) electrons. The minimum atomic E-state index is -0.627. The van der Waals surface area contributed by atoms with Gasteiger partial charge in [0.15, 0.2) is 5.75 Å². The van der Waals surface area contributed by atoms with Gasteiger partial charge in [-0.25, -0.2) is 14.1 Å². The number of hydrogen-bond donors (Lipinski definition) is 0. The van der Waals surface area contributed by atoms with Crippen LogP contribution in [0.3, 0.4) is 0 Å². The average molecular weight is 353 g/mol. The van der Waals surface area contributed by atoms with Gasteiger partial charge in [-0.15, -0.1) is 0 Å². The van der Waals surface area contributed by atoms with E-state index in [1.54, 1.807) is 43.3 Å². The highest BCUT2D eigenvalue weighted by atomic mass is 19.1. The fraction of sp³-hybridized carbons (Fsp3) is 0.200. The predicted octanol–water partition coefficient (Wildman–Crippen LogP) is 3.51. The molecule has 6 heteroatoms. The number of benzene rings is 2. The molecule has 0 unspecified atom stereocenters. The van der Waals surface area contributed by atoms with Gasteiger partial charge in [0.05, 0.1) is 12.3 Å². The van der Waals surface area contributed by atoms with Crippen LogP contribution in [0.2, 0.25) is 0 Å². The topological polar surface area (TPSA) is 55.8 Å². The highest BCUT2D eigenvalue weighted by Gasteiger charge is 2.44. The van der Waals surface area contributed by atoms with Crippen LogP contribution in [0.1, 0.15) is 24.8 Å². The Morgan fingerprint density at radius 2 is 2.08 bits per heavy atom. The van der Waals surface area contributed by atoms with Gasteiger partial charge in [-0.3, -0.25) is 4.79 Å². The lowest BCUT2D eigenvalue weighted by Gasteiger charge is -2.30. The molecule has 0 N–H and O–H groups in total. The van der Waals surface area contributed by atoms with E-state index in [9.17, 15) is 14.0 Å². The molecule has 26 heavy (non-hydrogen) atoms. The quantitative estimate of drug-likeness (QED) is 0.793. The summed E-state index contributed by atoms with van der Waals surface area (Å²) in [5.74, 6) is -1.19. The first kappa shape index (κ1) is 16.3. The van der Waals surface area contributed by atoms with Gasteiger partial charge in [-0.2, -0.15) is 0 Å². The smallest absolute Gasteiger partial charge is 0.340 e. The summed E-state index contributed by atoms with van der Waals surface area (Å²) in [5.41, 5.74) is 1.35. The molecule has 0 saturated carbocycles. The van der Waals surface area contributed by atoms with Crippen molar-refractivity contribution in [3.05, 3.63) is 71.4 Å². The SMILES string of the molecule is CCOC(=O)C1=C2Oc3ccccc3N2C(=O)C[C@@H]1c1cccc(F)c1. The zero-order chi connectivity index (χ0) is 18.3. The van der Waals surface area contributed by atoms with E-state index in [1.807, 2.05) is 0 Å². The molecule has 5 nitrogen and oxygen atoms in total. The van der Waals surface area contributed by atoms with E-state index < -0.39 is 17.7 Å². The number of amides is 1. The summed E-state index contributed by atoms with van der Waals surface area (Å²) in [4.78, 5) is 26.9. The summed E-state index contributed by atoms with van der Waals surface area (Å²) in [6.45, 7) is 1.89. The first-order chi connectivity index (χ1) is 12.6. The first-order valence-corrected chi connectivity index (χ1v) is 8.36. The van der Waals surface area contributed by atoms with Gasteiger partial charge in [0.1, 0.15) is 11.4 Å². The number of nitrogens with zero attached hydrogens (tertiary/aromatic N) is 1. The fourth-order valence-corrected chi connectivity index (χ4v) is 3.37. The predicted molar refractivity (Wildman–Crippen MR) is 92.0 cm³/mol. The molecule has 0 fully saturated rings. The normalized spacial score (nSPS) is 18.3. The minimum Gasteiger partial charge on any atom is -0.462 e. The molecule has 2 aromatic rings. The number of anilines is 1. The summed E-state index contributed by atoms with van der Waals surface area (Å²) >= 11 is 0. The second kappa shape index (κ2) is 6.29. The molecule has 1 amide bonds. The summed E-state index contributed by atoms with van der Waals surface area (Å²) in [5, 5.41) is 0. The first-order valence-electron chi connectivity index (χ1n) is 8.36. The van der Waals surface area contributed by atoms with Crippen LogP contribution in [0.15, 0.2) is 60.0 Å². The second-order valence-electron chi connectivity index (χ2n) is 6.05. The van der Waals surface area contributed by atoms with E-state index >= 15 is 0 Å². The Morgan fingerprint density at radius 1 is 1.27 bits per heavy atom. The lowest BCUT2D eigenvalue weighted by atomic mass is 9.85. The Morgan fingerprint density at radius 3 is 2.85 bits per heavy atom. The summed E-state index contributed by atoms with van der Waals surface area (Å²) in [6, 6.07) is 13.0. The Kier molecular flexibility index (Phi) is 3.95. The van der Waals surface area contributed by atoms with E-state index in [4.69, 9.17) is 9.47 Å². The van der Waals surface area contributed by atoms with Crippen LogP contribution in [-0.2, 0) is 14.3 Å². The number of hydrogen-bond acceptors (Lipinski definition) is 4. The van der Waals surface area contributed by atoms with E-state index in [1.165, 1.54) is 17.0 Å². The monoisotopic (exact) mass is 353 g/mol. The molecular formula is C20H16FNO4. The summed E-state index contributed by atoms with van der Waals surface area (Å²) in [7, 11) is 0. The minimum absolute atomic E-state index is 0.0266. The number of fused-ring (bicyclic) bond motifs is 3. The number of ether oxygens (including phenoxy) is 2. The number of para-hydroxylation sites is 2. The number of esters is 1. The molecule has 2 aromatic carbocycles. The van der Waals surface area contributed by atoms with Crippen molar-refractivity contribution in [2.45, 2.75) is 19.3 Å². The van der Waals surface area contributed by atoms with Gasteiger partial charge in [0.2, 0.25) is 11.8 Å². The summed E-state index contributed by atoms with van der Waals surface area (Å²) < 4.78 is 24.8. The van der Waals surface area contributed by atoms with Crippen LogP contribution in [0.5, 0.6) is 5.75 Å². The highest BCUT2D eigenvalue weighted by molar-refractivity contribution is 6.06. The van der Waals surface area contributed by atoms with Crippen molar-refractivity contribution >= 4 is 17.6 Å². The molecule has 132 valence electrons. The van der Waals surface area contributed by atoms with Gasteiger partial charge in [-0.05, 0) is 36.8 Å². The number of halogens is 1. The Labute approximate surface area is 149 Å². The van der Waals surface area contributed by atoms with Gasteiger partial charge >= 0.3 is 5.97 Å². The molecule has 2 aliphatic heterocycles. The molecule has 0 aromatic heterocycles. The maximum atomic E-state index is 13.7. The second-order valence-corrected chi connectivity index (χ2v) is 6.05. The zero-order valence-electron chi connectivity index (χ0n) is 14.1. The van der Waals surface area contributed by atoms with Crippen molar-refractivity contribution in [1.29, 1.82) is 0 Å². The zero-order valence-corrected chi connectivity index (χ0v) is 14.1. The third-order valence-corrected chi connectivity index (χ3v) is 4.47. The van der Waals surface area contributed by atoms with Gasteiger partial charge < -0.3 is 9.47 Å². The van der Waals surface area contributed by atoms with E-state index in [-0.39, 0.29) is 30.4 Å². The maximum Gasteiger partial charge on any atom is 0.340 e. The lowest BCUT2D eigenvalue weighted by Crippen LogP contribution is -2.38. The molecule has 0 spiro atoms. The maximum absolute atomic E-state index is 13.7. The van der Waals surface area contributed by atoms with E-state index in [2.05, 4.69) is 0 Å². The van der Waals surface area contributed by atoms with Gasteiger partial charge in [0, 0.05) is 12.3 Å². The van der Waals surface area contributed by atoms with Crippen LogP contribution in [0, 0.1) is 5.82 Å². The Hall–Kier alpha value is -3.15. The lowest BCUT2D eigenvalue weighted by molar-refractivity contribution is -0.139. The van der Waals surface area contributed by atoms with Crippen LogP contribution in [0.4, 0.5) is 10.1 Å². The van der Waals surface area contributed by atoms with Crippen molar-refractivity contribution in [2.24, 2.45) is 0 Å².